The second kappa shape index (κ2) is 6.34. The molecule has 0 bridgehead atoms. The molecule has 2 amide bonds. The van der Waals surface area contributed by atoms with Crippen molar-refractivity contribution in [3.8, 4) is 0 Å². The summed E-state index contributed by atoms with van der Waals surface area (Å²) in [7, 11) is 1.54. The summed E-state index contributed by atoms with van der Waals surface area (Å²) in [6.45, 7) is -0.0399. The van der Waals surface area contributed by atoms with Crippen molar-refractivity contribution < 1.29 is 14.0 Å². The molecule has 0 saturated heterocycles. The Hall–Kier alpha value is -1.43. The molecular formula is C11H12BrFN2O2. The van der Waals surface area contributed by atoms with Gasteiger partial charge in [0.1, 0.15) is 5.82 Å². The third kappa shape index (κ3) is 4.52. The topological polar surface area (TPSA) is 49.4 Å². The number of likely N-dealkylation sites (N-methyl/N-ethyl adjacent to an activating group) is 1. The molecule has 0 fully saturated rings. The van der Waals surface area contributed by atoms with Crippen molar-refractivity contribution in [3.05, 3.63) is 30.1 Å². The van der Waals surface area contributed by atoms with Crippen LogP contribution in [0.15, 0.2) is 24.3 Å². The summed E-state index contributed by atoms with van der Waals surface area (Å²) in [6.07, 6.45) is 0. The summed E-state index contributed by atoms with van der Waals surface area (Å²) in [5, 5.41) is 2.74. The smallest absolute Gasteiger partial charge is 0.243 e. The number of alkyl halides is 1. The van der Waals surface area contributed by atoms with Crippen LogP contribution in [-0.2, 0) is 9.59 Å². The molecule has 0 unspecified atom stereocenters. The van der Waals surface area contributed by atoms with Crippen LogP contribution in [0.4, 0.5) is 10.1 Å². The zero-order valence-corrected chi connectivity index (χ0v) is 10.8. The zero-order valence-electron chi connectivity index (χ0n) is 9.24. The molecule has 17 heavy (non-hydrogen) atoms. The number of halogens is 2. The van der Waals surface area contributed by atoms with Gasteiger partial charge in [0.15, 0.2) is 0 Å². The summed E-state index contributed by atoms with van der Waals surface area (Å²) >= 11 is 3.02. The number of amides is 2. The molecule has 0 aliphatic carbocycles. The van der Waals surface area contributed by atoms with Crippen molar-refractivity contribution in [1.82, 2.24) is 4.90 Å². The molecule has 4 nitrogen and oxygen atoms in total. The van der Waals surface area contributed by atoms with E-state index in [9.17, 15) is 14.0 Å². The number of hydrogen-bond donors (Lipinski definition) is 1. The molecule has 0 aliphatic heterocycles. The minimum atomic E-state index is -0.366. The highest BCUT2D eigenvalue weighted by Crippen LogP contribution is 2.08. The lowest BCUT2D eigenvalue weighted by molar-refractivity contribution is -0.130. The average molecular weight is 303 g/mol. The summed E-state index contributed by atoms with van der Waals surface area (Å²) in [5.74, 6) is -0.873. The van der Waals surface area contributed by atoms with Gasteiger partial charge < -0.3 is 10.2 Å². The van der Waals surface area contributed by atoms with E-state index in [4.69, 9.17) is 0 Å². The van der Waals surface area contributed by atoms with Crippen molar-refractivity contribution in [3.63, 3.8) is 0 Å². The van der Waals surface area contributed by atoms with Crippen LogP contribution >= 0.6 is 15.9 Å². The van der Waals surface area contributed by atoms with Crippen molar-refractivity contribution in [1.29, 1.82) is 0 Å². The van der Waals surface area contributed by atoms with Gasteiger partial charge in [0.2, 0.25) is 11.8 Å². The van der Waals surface area contributed by atoms with Gasteiger partial charge in [-0.25, -0.2) is 4.39 Å². The Labute approximate surface area is 107 Å². The SMILES string of the molecule is CN(CC(=O)Nc1ccc(F)cc1)C(=O)CBr. The van der Waals surface area contributed by atoms with Crippen LogP contribution in [0.5, 0.6) is 0 Å². The Morgan fingerprint density at radius 1 is 1.35 bits per heavy atom. The van der Waals surface area contributed by atoms with E-state index < -0.39 is 0 Å². The molecule has 6 heteroatoms. The lowest BCUT2D eigenvalue weighted by atomic mass is 10.3. The van der Waals surface area contributed by atoms with E-state index in [1.165, 1.54) is 36.2 Å². The maximum atomic E-state index is 12.6. The van der Waals surface area contributed by atoms with Gasteiger partial charge in [0.05, 0.1) is 11.9 Å². The molecule has 1 aromatic carbocycles. The van der Waals surface area contributed by atoms with Gasteiger partial charge in [-0.05, 0) is 24.3 Å². The Morgan fingerprint density at radius 2 is 1.94 bits per heavy atom. The average Bonchev–Trinajstić information content (AvgIpc) is 2.30. The number of carbonyl (C=O) groups is 2. The van der Waals surface area contributed by atoms with Crippen LogP contribution in [0.25, 0.3) is 0 Å². The summed E-state index contributed by atoms with van der Waals surface area (Å²) < 4.78 is 12.6. The van der Waals surface area contributed by atoms with Crippen molar-refractivity contribution in [2.45, 2.75) is 0 Å². The molecule has 0 spiro atoms. The van der Waals surface area contributed by atoms with E-state index in [0.29, 0.717) is 5.69 Å². The monoisotopic (exact) mass is 302 g/mol. The van der Waals surface area contributed by atoms with E-state index in [0.717, 1.165) is 0 Å². The van der Waals surface area contributed by atoms with Crippen molar-refractivity contribution >= 4 is 33.4 Å². The lowest BCUT2D eigenvalue weighted by Crippen LogP contribution is -2.35. The zero-order chi connectivity index (χ0) is 12.8. The van der Waals surface area contributed by atoms with E-state index in [-0.39, 0.29) is 29.5 Å². The second-order valence-corrected chi connectivity index (χ2v) is 4.00. The van der Waals surface area contributed by atoms with Gasteiger partial charge in [-0.3, -0.25) is 9.59 Å². The van der Waals surface area contributed by atoms with Gasteiger partial charge in [-0.15, -0.1) is 0 Å². The molecule has 0 aliphatic rings. The molecule has 0 saturated carbocycles. The number of nitrogens with zero attached hydrogens (tertiary/aromatic N) is 1. The number of hydrogen-bond acceptors (Lipinski definition) is 2. The van der Waals surface area contributed by atoms with Crippen LogP contribution < -0.4 is 5.32 Å². The summed E-state index contributed by atoms with van der Waals surface area (Å²) in [5.41, 5.74) is 0.496. The molecule has 0 aromatic heterocycles. The van der Waals surface area contributed by atoms with Crippen molar-refractivity contribution in [2.24, 2.45) is 0 Å². The number of rotatable bonds is 4. The summed E-state index contributed by atoms with van der Waals surface area (Å²) in [4.78, 5) is 24.0. The Bertz CT molecular complexity index is 408. The Kier molecular flexibility index (Phi) is 5.09. The van der Waals surface area contributed by atoms with Crippen LogP contribution in [0.3, 0.4) is 0 Å². The lowest BCUT2D eigenvalue weighted by Gasteiger charge is -2.15. The third-order valence-corrected chi connectivity index (χ3v) is 2.53. The fraction of sp³-hybridized carbons (Fsp3) is 0.273. The van der Waals surface area contributed by atoms with Gasteiger partial charge in [-0.2, -0.15) is 0 Å². The quantitative estimate of drug-likeness (QED) is 0.859. The normalized spacial score (nSPS) is 9.82. The van der Waals surface area contributed by atoms with Gasteiger partial charge in [0.25, 0.3) is 0 Å². The van der Waals surface area contributed by atoms with Crippen LogP contribution in [0.1, 0.15) is 0 Å². The molecule has 0 atom stereocenters. The number of carbonyl (C=O) groups excluding carboxylic acids is 2. The van der Waals surface area contributed by atoms with E-state index in [2.05, 4.69) is 21.2 Å². The first-order chi connectivity index (χ1) is 8.02. The van der Waals surface area contributed by atoms with E-state index in [1.807, 2.05) is 0 Å². The molecule has 1 rings (SSSR count). The predicted octanol–water partition coefficient (Wildman–Crippen LogP) is 1.62. The molecule has 0 heterocycles. The Balaban J connectivity index is 2.50. The van der Waals surface area contributed by atoms with E-state index >= 15 is 0 Å². The second-order valence-electron chi connectivity index (χ2n) is 3.44. The fourth-order valence-electron chi connectivity index (χ4n) is 1.14. The van der Waals surface area contributed by atoms with Crippen LogP contribution in [0.2, 0.25) is 0 Å². The first-order valence-corrected chi connectivity index (χ1v) is 6.00. The summed E-state index contributed by atoms with van der Waals surface area (Å²) in [6, 6.07) is 5.42. The third-order valence-electron chi connectivity index (χ3n) is 2.05. The molecule has 92 valence electrons. The maximum absolute atomic E-state index is 12.6. The molecular weight excluding hydrogens is 291 g/mol. The molecule has 0 radical (unpaired) electrons. The fourth-order valence-corrected chi connectivity index (χ4v) is 1.57. The maximum Gasteiger partial charge on any atom is 0.243 e. The predicted molar refractivity (Wildman–Crippen MR) is 66.5 cm³/mol. The highest BCUT2D eigenvalue weighted by atomic mass is 79.9. The minimum Gasteiger partial charge on any atom is -0.336 e. The van der Waals surface area contributed by atoms with Crippen LogP contribution in [-0.4, -0.2) is 35.6 Å². The first-order valence-electron chi connectivity index (χ1n) is 4.88. The number of benzene rings is 1. The van der Waals surface area contributed by atoms with Gasteiger partial charge in [-0.1, -0.05) is 15.9 Å². The first kappa shape index (κ1) is 13.6. The highest BCUT2D eigenvalue weighted by Gasteiger charge is 2.11. The molecule has 1 aromatic rings. The largest absolute Gasteiger partial charge is 0.336 e. The van der Waals surface area contributed by atoms with E-state index in [1.54, 1.807) is 0 Å². The number of anilines is 1. The minimum absolute atomic E-state index is 0.0399. The Morgan fingerprint density at radius 3 is 2.47 bits per heavy atom. The van der Waals surface area contributed by atoms with Crippen LogP contribution in [0, 0.1) is 5.82 Å². The molecule has 1 N–H and O–H groups in total. The van der Waals surface area contributed by atoms with Gasteiger partial charge >= 0.3 is 0 Å². The standard InChI is InChI=1S/C11H12BrFN2O2/c1-15(11(17)6-12)7-10(16)14-9-4-2-8(13)3-5-9/h2-5H,6-7H2,1H3,(H,14,16). The highest BCUT2D eigenvalue weighted by molar-refractivity contribution is 9.09. The van der Waals surface area contributed by atoms with Crippen molar-refractivity contribution in [2.75, 3.05) is 24.2 Å². The number of nitrogens with one attached hydrogen (secondary N) is 1. The van der Waals surface area contributed by atoms with Gasteiger partial charge in [0, 0.05) is 12.7 Å².